The Balaban J connectivity index is 1.96. The van der Waals surface area contributed by atoms with Gasteiger partial charge < -0.3 is 25.6 Å². The van der Waals surface area contributed by atoms with Gasteiger partial charge in [-0.1, -0.05) is 18.2 Å². The van der Waals surface area contributed by atoms with Crippen LogP contribution in [0.2, 0.25) is 0 Å². The Labute approximate surface area is 128 Å². The summed E-state index contributed by atoms with van der Waals surface area (Å²) in [5, 5.41) is 3.68. The Hall–Kier alpha value is -2.47. The molecule has 2 aromatic rings. The molecule has 1 aromatic heterocycles. The molecule has 4 N–H and O–H groups in total. The molecule has 2 rings (SSSR count). The molecule has 1 amide bonds. The van der Waals surface area contributed by atoms with Crippen molar-refractivity contribution in [3.05, 3.63) is 36.0 Å². The number of carbonyl (C=O) groups excluding carboxylic acids is 3. The van der Waals surface area contributed by atoms with Gasteiger partial charge in [-0.05, 0) is 18.1 Å². The highest BCUT2D eigenvalue weighted by atomic mass is 16.2. The lowest BCUT2D eigenvalue weighted by Gasteiger charge is -2.13. The van der Waals surface area contributed by atoms with Crippen LogP contribution < -0.4 is 11.1 Å². The highest BCUT2D eigenvalue weighted by Crippen LogP contribution is 2.20. The van der Waals surface area contributed by atoms with Gasteiger partial charge in [-0.25, -0.2) is 0 Å². The maximum absolute atomic E-state index is 11.7. The van der Waals surface area contributed by atoms with E-state index in [0.717, 1.165) is 22.8 Å². The van der Waals surface area contributed by atoms with Gasteiger partial charge in [-0.3, -0.25) is 4.79 Å². The fourth-order valence-corrected chi connectivity index (χ4v) is 2.32. The SMILES string of the molecule is NC(CC=O)C(=O)NCC(C=O)Cc1c[nH]c2ccccc12. The Morgan fingerprint density at radius 2 is 2.09 bits per heavy atom. The summed E-state index contributed by atoms with van der Waals surface area (Å²) in [5.74, 6) is -0.760. The lowest BCUT2D eigenvalue weighted by atomic mass is 10.00. The maximum atomic E-state index is 11.7. The molecule has 6 nitrogen and oxygen atoms in total. The largest absolute Gasteiger partial charge is 0.361 e. The molecular formula is C16H19N3O3. The average Bonchev–Trinajstić information content (AvgIpc) is 2.94. The number of nitrogens with one attached hydrogen (secondary N) is 2. The lowest BCUT2D eigenvalue weighted by Crippen LogP contribution is -2.43. The molecule has 0 saturated heterocycles. The third-order valence-corrected chi connectivity index (χ3v) is 3.57. The van der Waals surface area contributed by atoms with Crippen LogP contribution in [-0.4, -0.2) is 36.1 Å². The van der Waals surface area contributed by atoms with Crippen LogP contribution >= 0.6 is 0 Å². The van der Waals surface area contributed by atoms with Gasteiger partial charge in [0.25, 0.3) is 0 Å². The molecule has 6 heteroatoms. The van der Waals surface area contributed by atoms with Gasteiger partial charge in [0, 0.05) is 36.0 Å². The molecule has 0 aliphatic carbocycles. The molecule has 2 unspecified atom stereocenters. The smallest absolute Gasteiger partial charge is 0.237 e. The number of H-pyrrole nitrogens is 1. The number of aldehydes is 2. The summed E-state index contributed by atoms with van der Waals surface area (Å²) in [7, 11) is 0. The molecular weight excluding hydrogens is 282 g/mol. The maximum Gasteiger partial charge on any atom is 0.237 e. The summed E-state index contributed by atoms with van der Waals surface area (Å²) in [6.45, 7) is 0.203. The van der Waals surface area contributed by atoms with Gasteiger partial charge in [0.1, 0.15) is 12.6 Å². The van der Waals surface area contributed by atoms with Gasteiger partial charge in [-0.2, -0.15) is 0 Å². The molecule has 0 radical (unpaired) electrons. The molecule has 0 aliphatic heterocycles. The average molecular weight is 301 g/mol. The van der Waals surface area contributed by atoms with E-state index in [1.165, 1.54) is 0 Å². The Morgan fingerprint density at radius 3 is 2.82 bits per heavy atom. The van der Waals surface area contributed by atoms with E-state index in [-0.39, 0.29) is 18.9 Å². The molecule has 1 aromatic carbocycles. The van der Waals surface area contributed by atoms with Crippen molar-refractivity contribution in [2.75, 3.05) is 6.54 Å². The number of para-hydroxylation sites is 1. The molecule has 116 valence electrons. The van der Waals surface area contributed by atoms with E-state index in [4.69, 9.17) is 5.73 Å². The number of hydrogen-bond acceptors (Lipinski definition) is 4. The first-order valence-electron chi connectivity index (χ1n) is 7.13. The monoisotopic (exact) mass is 301 g/mol. The van der Waals surface area contributed by atoms with E-state index in [1.54, 1.807) is 0 Å². The van der Waals surface area contributed by atoms with Gasteiger partial charge in [0.2, 0.25) is 5.91 Å². The number of nitrogens with two attached hydrogens (primary N) is 1. The van der Waals surface area contributed by atoms with E-state index < -0.39 is 11.9 Å². The van der Waals surface area contributed by atoms with E-state index in [2.05, 4.69) is 10.3 Å². The van der Waals surface area contributed by atoms with Crippen LogP contribution in [0, 0.1) is 5.92 Å². The third kappa shape index (κ3) is 3.79. The normalized spacial score (nSPS) is 13.5. The Morgan fingerprint density at radius 1 is 1.32 bits per heavy atom. The summed E-state index contributed by atoms with van der Waals surface area (Å²) in [6.07, 6.45) is 3.80. The van der Waals surface area contributed by atoms with Crippen LogP contribution in [0.4, 0.5) is 0 Å². The number of aromatic amines is 1. The van der Waals surface area contributed by atoms with Crippen LogP contribution in [0.5, 0.6) is 0 Å². The van der Waals surface area contributed by atoms with Crippen molar-refractivity contribution in [3.8, 4) is 0 Å². The van der Waals surface area contributed by atoms with E-state index in [9.17, 15) is 14.4 Å². The van der Waals surface area contributed by atoms with Crippen molar-refractivity contribution in [2.45, 2.75) is 18.9 Å². The number of benzene rings is 1. The van der Waals surface area contributed by atoms with Crippen LogP contribution in [0.1, 0.15) is 12.0 Å². The van der Waals surface area contributed by atoms with Crippen molar-refractivity contribution in [2.24, 2.45) is 11.7 Å². The van der Waals surface area contributed by atoms with E-state index >= 15 is 0 Å². The molecule has 0 fully saturated rings. The summed E-state index contributed by atoms with van der Waals surface area (Å²) < 4.78 is 0. The fraction of sp³-hybridized carbons (Fsp3) is 0.312. The Kier molecular flexibility index (Phi) is 5.43. The summed E-state index contributed by atoms with van der Waals surface area (Å²) in [6, 6.07) is 6.97. The summed E-state index contributed by atoms with van der Waals surface area (Å²) in [4.78, 5) is 36.4. The first-order chi connectivity index (χ1) is 10.7. The number of hydrogen-bond donors (Lipinski definition) is 3. The molecule has 2 atom stereocenters. The van der Waals surface area contributed by atoms with Crippen molar-refractivity contribution in [1.82, 2.24) is 10.3 Å². The third-order valence-electron chi connectivity index (χ3n) is 3.57. The molecule has 0 aliphatic rings. The fourth-order valence-electron chi connectivity index (χ4n) is 2.32. The van der Waals surface area contributed by atoms with Gasteiger partial charge in [0.15, 0.2) is 0 Å². The highest BCUT2D eigenvalue weighted by Gasteiger charge is 2.16. The van der Waals surface area contributed by atoms with Crippen molar-refractivity contribution in [3.63, 3.8) is 0 Å². The number of fused-ring (bicyclic) bond motifs is 1. The molecule has 0 bridgehead atoms. The molecule has 22 heavy (non-hydrogen) atoms. The van der Waals surface area contributed by atoms with Crippen LogP contribution in [0.3, 0.4) is 0 Å². The zero-order valence-corrected chi connectivity index (χ0v) is 12.1. The zero-order valence-electron chi connectivity index (χ0n) is 12.1. The second-order valence-electron chi connectivity index (χ2n) is 5.21. The Bertz CT molecular complexity index is 665. The lowest BCUT2D eigenvalue weighted by molar-refractivity contribution is -0.124. The van der Waals surface area contributed by atoms with Crippen LogP contribution in [0.15, 0.2) is 30.5 Å². The van der Waals surface area contributed by atoms with E-state index in [1.807, 2.05) is 30.5 Å². The minimum Gasteiger partial charge on any atom is -0.361 e. The minimum atomic E-state index is -0.863. The van der Waals surface area contributed by atoms with Crippen molar-refractivity contribution in [1.29, 1.82) is 0 Å². The minimum absolute atomic E-state index is 0.0277. The summed E-state index contributed by atoms with van der Waals surface area (Å²) in [5.41, 5.74) is 7.57. The number of rotatable bonds is 8. The van der Waals surface area contributed by atoms with Crippen LogP contribution in [0.25, 0.3) is 10.9 Å². The molecule has 0 saturated carbocycles. The first-order valence-corrected chi connectivity index (χ1v) is 7.13. The topological polar surface area (TPSA) is 105 Å². The predicted octanol–water partition coefficient (Wildman–Crippen LogP) is 0.558. The zero-order chi connectivity index (χ0) is 15.9. The predicted molar refractivity (Wildman–Crippen MR) is 83.2 cm³/mol. The van der Waals surface area contributed by atoms with Gasteiger partial charge in [-0.15, -0.1) is 0 Å². The van der Waals surface area contributed by atoms with Gasteiger partial charge >= 0.3 is 0 Å². The van der Waals surface area contributed by atoms with Crippen molar-refractivity contribution < 1.29 is 14.4 Å². The number of carbonyl (C=O) groups is 3. The molecule has 0 spiro atoms. The quantitative estimate of drug-likeness (QED) is 0.619. The standard InChI is InChI=1S/C16H19N3O3/c17-14(5-6-20)16(22)19-8-11(10-21)7-12-9-18-15-4-2-1-3-13(12)15/h1-4,6,9-11,14,18H,5,7-8,17H2,(H,19,22). The van der Waals surface area contributed by atoms with Crippen LogP contribution in [-0.2, 0) is 20.8 Å². The van der Waals surface area contributed by atoms with E-state index in [0.29, 0.717) is 12.7 Å². The highest BCUT2D eigenvalue weighted by molar-refractivity contribution is 5.84. The molecule has 1 heterocycles. The second kappa shape index (κ2) is 7.51. The van der Waals surface area contributed by atoms with Crippen molar-refractivity contribution >= 4 is 29.4 Å². The van der Waals surface area contributed by atoms with Gasteiger partial charge in [0.05, 0.1) is 6.04 Å². The number of aromatic nitrogens is 1. The first kappa shape index (κ1) is 15.9. The summed E-state index contributed by atoms with van der Waals surface area (Å²) >= 11 is 0. The second-order valence-corrected chi connectivity index (χ2v) is 5.21. The number of amides is 1.